The van der Waals surface area contributed by atoms with Gasteiger partial charge in [0, 0.05) is 30.2 Å². The molecule has 0 fully saturated rings. The van der Waals surface area contributed by atoms with Crippen LogP contribution in [0.4, 0.5) is 0 Å². The average Bonchev–Trinajstić information content (AvgIpc) is 3.12. The molecule has 0 radical (unpaired) electrons. The minimum Gasteiger partial charge on any atom is -0.857 e. The molecule has 2 aliphatic rings. The first kappa shape index (κ1) is 19.6. The van der Waals surface area contributed by atoms with E-state index in [1.54, 1.807) is 0 Å². The lowest BCUT2D eigenvalue weighted by molar-refractivity contribution is -0.538. The van der Waals surface area contributed by atoms with Gasteiger partial charge in [0.15, 0.2) is 0 Å². The van der Waals surface area contributed by atoms with Gasteiger partial charge in [0.25, 0.3) is 0 Å². The van der Waals surface area contributed by atoms with Crippen molar-refractivity contribution in [1.29, 1.82) is 0 Å². The SMILES string of the molecule is CCC1(CCC(=O)OC)CCC[N+]2=C1c1[nH]c3ccccc3c1CC2.C[O-]. The van der Waals surface area contributed by atoms with E-state index in [4.69, 9.17) is 9.84 Å². The minimum atomic E-state index is -0.0989. The van der Waals surface area contributed by atoms with Gasteiger partial charge in [-0.3, -0.25) is 4.79 Å². The van der Waals surface area contributed by atoms with E-state index in [2.05, 4.69) is 40.7 Å². The molecule has 1 N–H and O–H groups in total. The number of carbonyl (C=O) groups excluding carboxylic acids is 1. The Morgan fingerprint density at radius 3 is 2.81 bits per heavy atom. The summed E-state index contributed by atoms with van der Waals surface area (Å²) in [5.41, 5.74) is 5.52. The maximum atomic E-state index is 11.8. The Morgan fingerprint density at radius 1 is 1.30 bits per heavy atom. The fourth-order valence-corrected chi connectivity index (χ4v) is 4.94. The van der Waals surface area contributed by atoms with Gasteiger partial charge in [0.1, 0.15) is 18.8 Å². The van der Waals surface area contributed by atoms with E-state index in [1.807, 2.05) is 0 Å². The lowest BCUT2D eigenvalue weighted by Crippen LogP contribution is -2.46. The zero-order valence-corrected chi connectivity index (χ0v) is 16.6. The molecule has 0 saturated heterocycles. The van der Waals surface area contributed by atoms with Crippen LogP contribution in [0.2, 0.25) is 0 Å². The van der Waals surface area contributed by atoms with Crippen LogP contribution in [0.1, 0.15) is 50.3 Å². The van der Waals surface area contributed by atoms with Crippen molar-refractivity contribution >= 4 is 22.6 Å². The largest absolute Gasteiger partial charge is 0.857 e. The van der Waals surface area contributed by atoms with E-state index in [9.17, 15) is 4.79 Å². The molecule has 2 aromatic rings. The van der Waals surface area contributed by atoms with Gasteiger partial charge in [-0.25, -0.2) is 4.58 Å². The number of methoxy groups -OCH3 is 1. The molecule has 3 heterocycles. The van der Waals surface area contributed by atoms with E-state index < -0.39 is 0 Å². The second kappa shape index (κ2) is 8.26. The molecule has 0 saturated carbocycles. The second-order valence-electron chi connectivity index (χ2n) is 7.42. The molecular weight excluding hydrogens is 340 g/mol. The van der Waals surface area contributed by atoms with Crippen LogP contribution in [0.25, 0.3) is 10.9 Å². The van der Waals surface area contributed by atoms with Crippen LogP contribution in [-0.2, 0) is 16.0 Å². The number of hydrogen-bond acceptors (Lipinski definition) is 3. The van der Waals surface area contributed by atoms with E-state index in [-0.39, 0.29) is 11.4 Å². The number of nitrogens with one attached hydrogen (secondary N) is 1. The van der Waals surface area contributed by atoms with Gasteiger partial charge in [-0.1, -0.05) is 25.1 Å². The third-order valence-electron chi connectivity index (χ3n) is 6.30. The molecule has 1 aromatic heterocycles. The lowest BCUT2D eigenvalue weighted by atomic mass is 9.68. The van der Waals surface area contributed by atoms with Crippen molar-refractivity contribution in [2.24, 2.45) is 5.41 Å². The van der Waals surface area contributed by atoms with Crippen molar-refractivity contribution in [2.75, 3.05) is 27.3 Å². The van der Waals surface area contributed by atoms with Gasteiger partial charge in [-0.2, -0.15) is 7.11 Å². The topological polar surface area (TPSA) is 68.2 Å². The fourth-order valence-electron chi connectivity index (χ4n) is 4.94. The molecule has 0 amide bonds. The van der Waals surface area contributed by atoms with Crippen molar-refractivity contribution in [2.45, 2.75) is 45.4 Å². The predicted octanol–water partition coefficient (Wildman–Crippen LogP) is 2.65. The van der Waals surface area contributed by atoms with Crippen molar-refractivity contribution < 1.29 is 19.2 Å². The highest BCUT2D eigenvalue weighted by Crippen LogP contribution is 2.43. The zero-order valence-electron chi connectivity index (χ0n) is 16.6. The lowest BCUT2D eigenvalue weighted by Gasteiger charge is -2.37. The molecule has 4 rings (SSSR count). The Labute approximate surface area is 161 Å². The molecule has 0 aliphatic carbocycles. The number of ether oxygens (including phenoxy) is 1. The van der Waals surface area contributed by atoms with Gasteiger partial charge >= 0.3 is 5.97 Å². The summed E-state index contributed by atoms with van der Waals surface area (Å²) in [5.74, 6) is -0.0989. The van der Waals surface area contributed by atoms with Crippen LogP contribution in [0.3, 0.4) is 0 Å². The van der Waals surface area contributed by atoms with Crippen LogP contribution in [0, 0.1) is 5.41 Å². The highest BCUT2D eigenvalue weighted by molar-refractivity contribution is 6.06. The number of hydrogen-bond donors (Lipinski definition) is 1. The molecule has 0 bridgehead atoms. The predicted molar refractivity (Wildman–Crippen MR) is 105 cm³/mol. The highest BCUT2D eigenvalue weighted by Gasteiger charge is 2.47. The number of fused-ring (bicyclic) bond motifs is 4. The number of benzene rings is 1. The first-order valence-electron chi connectivity index (χ1n) is 9.88. The van der Waals surface area contributed by atoms with E-state index in [1.165, 1.54) is 41.4 Å². The summed E-state index contributed by atoms with van der Waals surface area (Å²) in [6.45, 7) is 4.49. The van der Waals surface area contributed by atoms with Gasteiger partial charge in [0.2, 0.25) is 5.71 Å². The zero-order chi connectivity index (χ0) is 19.4. The van der Waals surface area contributed by atoms with Gasteiger partial charge in [-0.05, 0) is 30.9 Å². The molecule has 1 aromatic carbocycles. The van der Waals surface area contributed by atoms with E-state index >= 15 is 0 Å². The van der Waals surface area contributed by atoms with E-state index in [0.717, 1.165) is 45.9 Å². The van der Waals surface area contributed by atoms with Crippen LogP contribution in [0.5, 0.6) is 0 Å². The standard InChI is InChI=1S/C21H26N2O2.CH3O/c1-3-21(12-9-18(24)25-2)11-6-13-23-14-10-16-15-7-4-5-8-17(15)22-19(16)20(21)23;1-2/h4-5,7-8H,3,6,9-14H2,1-2H3;1H3/q;-1/p+1. The average molecular weight is 370 g/mol. The molecule has 5 nitrogen and oxygen atoms in total. The molecule has 1 atom stereocenters. The van der Waals surface area contributed by atoms with Crippen LogP contribution in [-0.4, -0.2) is 48.5 Å². The maximum absolute atomic E-state index is 11.8. The normalized spacial score (nSPS) is 21.2. The number of para-hydroxylation sites is 1. The molecule has 1 unspecified atom stereocenters. The van der Waals surface area contributed by atoms with Crippen molar-refractivity contribution in [1.82, 2.24) is 4.98 Å². The third kappa shape index (κ3) is 3.41. The number of aromatic amines is 1. The monoisotopic (exact) mass is 370 g/mol. The first-order chi connectivity index (χ1) is 13.2. The Balaban J connectivity index is 0.00000102. The molecule has 27 heavy (non-hydrogen) atoms. The number of esters is 1. The molecule has 2 aliphatic heterocycles. The fraction of sp³-hybridized carbons (Fsp3) is 0.545. The first-order valence-corrected chi connectivity index (χ1v) is 9.88. The van der Waals surface area contributed by atoms with Crippen LogP contribution in [0.15, 0.2) is 24.3 Å². The Bertz CT molecular complexity index is 852. The summed E-state index contributed by atoms with van der Waals surface area (Å²) in [4.78, 5) is 15.5. The number of H-pyrrole nitrogens is 1. The minimum absolute atomic E-state index is 0.0719. The van der Waals surface area contributed by atoms with Crippen LogP contribution < -0.4 is 5.11 Å². The van der Waals surface area contributed by atoms with Gasteiger partial charge < -0.3 is 14.8 Å². The Kier molecular flexibility index (Phi) is 6.00. The molecule has 5 heteroatoms. The molecular formula is C22H30N2O3. The maximum Gasteiger partial charge on any atom is 0.305 e. The summed E-state index contributed by atoms with van der Waals surface area (Å²) in [5, 5.41) is 9.60. The number of carbonyl (C=O) groups is 1. The summed E-state index contributed by atoms with van der Waals surface area (Å²) >= 11 is 0. The second-order valence-corrected chi connectivity index (χ2v) is 7.42. The molecule has 0 spiro atoms. The summed E-state index contributed by atoms with van der Waals surface area (Å²) in [7, 11) is 2.23. The number of rotatable bonds is 4. The Morgan fingerprint density at radius 2 is 2.07 bits per heavy atom. The summed E-state index contributed by atoms with van der Waals surface area (Å²) in [6.07, 6.45) is 5.88. The van der Waals surface area contributed by atoms with E-state index in [0.29, 0.717) is 6.42 Å². The third-order valence-corrected chi connectivity index (χ3v) is 6.30. The van der Waals surface area contributed by atoms with Crippen molar-refractivity contribution in [3.8, 4) is 0 Å². The van der Waals surface area contributed by atoms with Crippen LogP contribution >= 0.6 is 0 Å². The van der Waals surface area contributed by atoms with Gasteiger partial charge in [-0.15, -0.1) is 0 Å². The van der Waals surface area contributed by atoms with Crippen molar-refractivity contribution in [3.63, 3.8) is 0 Å². The number of nitrogens with zero attached hydrogens (tertiary/aromatic N) is 1. The quantitative estimate of drug-likeness (QED) is 0.664. The number of aromatic nitrogens is 1. The Hall–Kier alpha value is -2.14. The summed E-state index contributed by atoms with van der Waals surface area (Å²) in [6, 6.07) is 8.62. The van der Waals surface area contributed by atoms with Gasteiger partial charge in [0.05, 0.1) is 12.5 Å². The highest BCUT2D eigenvalue weighted by atomic mass is 16.5. The molecule has 146 valence electrons. The smallest absolute Gasteiger partial charge is 0.305 e. The summed E-state index contributed by atoms with van der Waals surface area (Å²) < 4.78 is 7.49. The van der Waals surface area contributed by atoms with Crippen molar-refractivity contribution in [3.05, 3.63) is 35.5 Å².